The van der Waals surface area contributed by atoms with Crippen LogP contribution in [0.25, 0.3) is 0 Å². The fourth-order valence-corrected chi connectivity index (χ4v) is 0.543. The van der Waals surface area contributed by atoms with Crippen molar-refractivity contribution in [2.45, 2.75) is 6.04 Å². The molecule has 0 aliphatic rings. The predicted molar refractivity (Wildman–Crippen MR) is 59.2 cm³/mol. The molecule has 0 saturated carbocycles. The normalized spacial score (nSPS) is 10.7. The summed E-state index contributed by atoms with van der Waals surface area (Å²) in [5.74, 6) is -2.36. The maximum Gasteiger partial charge on any atom is 0.322 e. The third-order valence-electron chi connectivity index (χ3n) is 1.12. The molecule has 0 aromatic rings. The van der Waals surface area contributed by atoms with E-state index in [2.05, 4.69) is 23.7 Å². The Kier molecular flexibility index (Phi) is 10.9. The molecule has 0 spiro atoms. The van der Waals surface area contributed by atoms with Crippen molar-refractivity contribution in [2.24, 2.45) is 11.5 Å². The lowest BCUT2D eigenvalue weighted by Gasteiger charge is -2.06. The van der Waals surface area contributed by atoms with Crippen molar-refractivity contribution in [1.29, 1.82) is 0 Å². The average molecular weight is 253 g/mol. The Bertz CT molecular complexity index is 248. The topological polar surface area (TPSA) is 156 Å². The van der Waals surface area contributed by atoms with Crippen LogP contribution in [0.15, 0.2) is 0 Å². The minimum absolute atomic E-state index is 0.200. The monoisotopic (exact) mass is 253 g/mol. The molecule has 1 unspecified atom stereocenters. The highest BCUT2D eigenvalue weighted by molar-refractivity contribution is 7.80. The average Bonchev–Trinajstić information content (AvgIpc) is 2.25. The van der Waals surface area contributed by atoms with E-state index in [0.29, 0.717) is 0 Å². The number of carbonyl (C=O) groups excluding carboxylic acids is 1. The summed E-state index contributed by atoms with van der Waals surface area (Å²) in [4.78, 5) is 29.9. The standard InChI is InChI=1S/C5H10N2O3S.C2H5NO2/c6-3(2-11)5(10)7-1-4(8)9;3-1-2(4)5/h3,11H,1-2,6H2,(H,7,10)(H,8,9);1,3H2,(H,4,5). The van der Waals surface area contributed by atoms with E-state index in [4.69, 9.17) is 15.9 Å². The third-order valence-corrected chi connectivity index (χ3v) is 1.52. The molecule has 0 aromatic carbocycles. The molecule has 94 valence electrons. The van der Waals surface area contributed by atoms with Crippen molar-refractivity contribution >= 4 is 30.5 Å². The van der Waals surface area contributed by atoms with Gasteiger partial charge in [0.2, 0.25) is 5.91 Å². The number of aliphatic carboxylic acids is 2. The van der Waals surface area contributed by atoms with Crippen molar-refractivity contribution in [3.8, 4) is 0 Å². The fourth-order valence-electron chi connectivity index (χ4n) is 0.377. The second-order valence-corrected chi connectivity index (χ2v) is 2.86. The van der Waals surface area contributed by atoms with Crippen LogP contribution in [-0.2, 0) is 14.4 Å². The molecule has 1 amide bonds. The van der Waals surface area contributed by atoms with Gasteiger partial charge < -0.3 is 27.0 Å². The molecule has 16 heavy (non-hydrogen) atoms. The molecule has 0 fully saturated rings. The molecular formula is C7H15N3O5S. The molecule has 1 atom stereocenters. The smallest absolute Gasteiger partial charge is 0.322 e. The molecule has 8 nitrogen and oxygen atoms in total. The molecule has 0 saturated heterocycles. The van der Waals surface area contributed by atoms with Gasteiger partial charge in [-0.15, -0.1) is 0 Å². The van der Waals surface area contributed by atoms with E-state index in [9.17, 15) is 14.4 Å². The second kappa shape index (κ2) is 10.2. The Morgan fingerprint density at radius 2 is 1.69 bits per heavy atom. The van der Waals surface area contributed by atoms with Gasteiger partial charge in [0.1, 0.15) is 6.54 Å². The molecule has 0 bridgehead atoms. The van der Waals surface area contributed by atoms with Crippen LogP contribution in [0.5, 0.6) is 0 Å². The highest BCUT2D eigenvalue weighted by atomic mass is 32.1. The van der Waals surface area contributed by atoms with Crippen molar-refractivity contribution in [1.82, 2.24) is 5.32 Å². The first kappa shape index (κ1) is 17.1. The first-order valence-corrected chi connectivity index (χ1v) is 4.76. The number of amides is 1. The summed E-state index contributed by atoms with van der Waals surface area (Å²) in [6.45, 7) is -0.680. The van der Waals surface area contributed by atoms with Crippen LogP contribution < -0.4 is 16.8 Å². The van der Waals surface area contributed by atoms with E-state index in [0.717, 1.165) is 0 Å². The first-order valence-electron chi connectivity index (χ1n) is 4.12. The van der Waals surface area contributed by atoms with Gasteiger partial charge in [-0.25, -0.2) is 0 Å². The van der Waals surface area contributed by atoms with Crippen LogP contribution in [0.2, 0.25) is 0 Å². The van der Waals surface area contributed by atoms with Gasteiger partial charge >= 0.3 is 11.9 Å². The zero-order valence-electron chi connectivity index (χ0n) is 8.42. The molecular weight excluding hydrogens is 238 g/mol. The third kappa shape index (κ3) is 12.7. The predicted octanol–water partition coefficient (Wildman–Crippen LogP) is -2.53. The zero-order valence-corrected chi connectivity index (χ0v) is 9.31. The van der Waals surface area contributed by atoms with Crippen molar-refractivity contribution in [3.63, 3.8) is 0 Å². The van der Waals surface area contributed by atoms with Gasteiger partial charge in [-0.1, -0.05) is 0 Å². The van der Waals surface area contributed by atoms with Crippen LogP contribution in [0.3, 0.4) is 0 Å². The number of thiol groups is 1. The van der Waals surface area contributed by atoms with Crippen molar-refractivity contribution < 1.29 is 24.6 Å². The van der Waals surface area contributed by atoms with Crippen LogP contribution >= 0.6 is 12.6 Å². The van der Waals surface area contributed by atoms with E-state index in [1.165, 1.54) is 0 Å². The number of hydrogen-bond donors (Lipinski definition) is 6. The molecule has 0 heterocycles. The Morgan fingerprint density at radius 1 is 1.25 bits per heavy atom. The number of carbonyl (C=O) groups is 3. The van der Waals surface area contributed by atoms with E-state index in [1.54, 1.807) is 0 Å². The Labute approximate surface area is 97.4 Å². The molecule has 0 aliphatic carbocycles. The number of hydrogen-bond acceptors (Lipinski definition) is 6. The fraction of sp³-hybridized carbons (Fsp3) is 0.571. The largest absolute Gasteiger partial charge is 0.480 e. The number of nitrogens with two attached hydrogens (primary N) is 2. The van der Waals surface area contributed by atoms with E-state index >= 15 is 0 Å². The van der Waals surface area contributed by atoms with Crippen molar-refractivity contribution in [2.75, 3.05) is 18.8 Å². The van der Waals surface area contributed by atoms with Crippen LogP contribution in [0, 0.1) is 0 Å². The van der Waals surface area contributed by atoms with Crippen molar-refractivity contribution in [3.05, 3.63) is 0 Å². The summed E-state index contributed by atoms with van der Waals surface area (Å²) in [7, 11) is 0. The summed E-state index contributed by atoms with van der Waals surface area (Å²) in [5, 5.41) is 17.9. The highest BCUT2D eigenvalue weighted by Crippen LogP contribution is 1.82. The van der Waals surface area contributed by atoms with Crippen LogP contribution in [0.1, 0.15) is 0 Å². The minimum atomic E-state index is -1.09. The number of nitrogens with one attached hydrogen (secondary N) is 1. The minimum Gasteiger partial charge on any atom is -0.480 e. The molecule has 9 heteroatoms. The van der Waals surface area contributed by atoms with E-state index in [-0.39, 0.29) is 12.3 Å². The Morgan fingerprint density at radius 3 is 1.94 bits per heavy atom. The van der Waals surface area contributed by atoms with Crippen LogP contribution in [-0.4, -0.2) is 52.9 Å². The summed E-state index contributed by atoms with van der Waals surface area (Å²) < 4.78 is 0. The maximum atomic E-state index is 10.7. The van der Waals surface area contributed by atoms with E-state index < -0.39 is 30.4 Å². The molecule has 7 N–H and O–H groups in total. The molecule has 0 aliphatic heterocycles. The van der Waals surface area contributed by atoms with Gasteiger partial charge in [0, 0.05) is 5.75 Å². The second-order valence-electron chi connectivity index (χ2n) is 2.50. The summed E-state index contributed by atoms with van der Waals surface area (Å²) >= 11 is 3.77. The first-order chi connectivity index (χ1) is 7.34. The maximum absolute atomic E-state index is 10.7. The van der Waals surface area contributed by atoms with Gasteiger partial charge in [-0.2, -0.15) is 12.6 Å². The summed E-state index contributed by atoms with van der Waals surface area (Å²) in [6, 6.07) is -0.738. The quantitative estimate of drug-likeness (QED) is 0.295. The van der Waals surface area contributed by atoms with Gasteiger partial charge in [0.15, 0.2) is 0 Å². The van der Waals surface area contributed by atoms with Gasteiger partial charge in [0.05, 0.1) is 12.6 Å². The Balaban J connectivity index is 0. The van der Waals surface area contributed by atoms with Gasteiger partial charge in [0.25, 0.3) is 0 Å². The summed E-state index contributed by atoms with van der Waals surface area (Å²) in [5.41, 5.74) is 9.79. The number of carboxylic acids is 2. The highest BCUT2D eigenvalue weighted by Gasteiger charge is 2.11. The number of carboxylic acid groups (broad SMARTS) is 2. The zero-order chi connectivity index (χ0) is 13.1. The van der Waals surface area contributed by atoms with Gasteiger partial charge in [-0.05, 0) is 0 Å². The number of rotatable bonds is 5. The molecule has 0 aromatic heterocycles. The molecule has 0 radical (unpaired) electrons. The van der Waals surface area contributed by atoms with Gasteiger partial charge in [-0.3, -0.25) is 14.4 Å². The van der Waals surface area contributed by atoms with E-state index in [1.807, 2.05) is 0 Å². The lowest BCUT2D eigenvalue weighted by Crippen LogP contribution is -2.43. The Hall–Kier alpha value is -1.32. The van der Waals surface area contributed by atoms with Crippen LogP contribution in [0.4, 0.5) is 0 Å². The molecule has 0 rings (SSSR count). The SMILES string of the molecule is NC(CS)C(=O)NCC(=O)O.NCC(=O)O. The lowest BCUT2D eigenvalue weighted by atomic mass is 10.3. The summed E-state index contributed by atoms with van der Waals surface area (Å²) in [6.07, 6.45) is 0. The lowest BCUT2D eigenvalue weighted by molar-refractivity contribution is -0.138.